The van der Waals surface area contributed by atoms with Crippen molar-refractivity contribution in [1.82, 2.24) is 10.6 Å². The van der Waals surface area contributed by atoms with Gasteiger partial charge in [-0.25, -0.2) is 9.59 Å². The molecule has 1 aliphatic heterocycles. The molecule has 1 aliphatic rings. The Morgan fingerprint density at radius 2 is 1.62 bits per heavy atom. The Morgan fingerprint density at radius 3 is 2.20 bits per heavy atom. The summed E-state index contributed by atoms with van der Waals surface area (Å²) in [6.45, 7) is 4.15. The van der Waals surface area contributed by atoms with Crippen LogP contribution in [0.25, 0.3) is 0 Å². The number of nitrogens with zero attached hydrogens (tertiary/aromatic N) is 1. The van der Waals surface area contributed by atoms with E-state index in [-0.39, 0.29) is 47.9 Å². The van der Waals surface area contributed by atoms with Gasteiger partial charge >= 0.3 is 11.9 Å². The lowest BCUT2D eigenvalue weighted by molar-refractivity contribution is -0.385. The predicted molar refractivity (Wildman–Crippen MR) is 145 cm³/mol. The third-order valence-electron chi connectivity index (χ3n) is 6.19. The fraction of sp³-hybridized carbons (Fsp3) is 0.357. The fourth-order valence-corrected chi connectivity index (χ4v) is 4.36. The number of allylic oxidation sites excluding steroid dienone is 2. The lowest BCUT2D eigenvalue weighted by Crippen LogP contribution is -2.33. The standard InChI is InChI=1S/C28H33N3O9/c1-17-24(27(33)37-3)26(25(18(2)30-17)28(34)38-4)22-14-21(10-11-23(22)31(35)36)39-13-12-29-15-19(32)16-40-20-8-6-5-7-9-20/h5-11,14,19,26,29-30,32H,12-13,15-16H2,1-4H3. The molecule has 0 fully saturated rings. The molecule has 12 heteroatoms. The van der Waals surface area contributed by atoms with E-state index < -0.39 is 28.9 Å². The van der Waals surface area contributed by atoms with Gasteiger partial charge in [0.05, 0.1) is 36.2 Å². The Kier molecular flexibility index (Phi) is 10.6. The van der Waals surface area contributed by atoms with Gasteiger partial charge in [-0.1, -0.05) is 18.2 Å². The highest BCUT2D eigenvalue weighted by atomic mass is 16.6. The molecule has 0 bridgehead atoms. The molecule has 0 spiro atoms. The quantitative estimate of drug-likeness (QED) is 0.144. The van der Waals surface area contributed by atoms with E-state index in [4.69, 9.17) is 18.9 Å². The van der Waals surface area contributed by atoms with Gasteiger partial charge in [-0.05, 0) is 38.1 Å². The number of methoxy groups -OCH3 is 2. The van der Waals surface area contributed by atoms with Crippen LogP contribution in [0.3, 0.4) is 0 Å². The molecule has 1 unspecified atom stereocenters. The number of benzene rings is 2. The van der Waals surface area contributed by atoms with Crippen molar-refractivity contribution >= 4 is 17.6 Å². The molecule has 2 aromatic rings. The molecule has 0 saturated heterocycles. The Balaban J connectivity index is 1.75. The van der Waals surface area contributed by atoms with Crippen LogP contribution in [-0.4, -0.2) is 68.6 Å². The van der Waals surface area contributed by atoms with Gasteiger partial charge < -0.3 is 34.7 Å². The van der Waals surface area contributed by atoms with Gasteiger partial charge in [0.25, 0.3) is 5.69 Å². The number of aliphatic hydroxyl groups is 1. The van der Waals surface area contributed by atoms with E-state index in [1.807, 2.05) is 18.2 Å². The molecule has 0 aromatic heterocycles. The van der Waals surface area contributed by atoms with Crippen LogP contribution >= 0.6 is 0 Å². The highest BCUT2D eigenvalue weighted by molar-refractivity contribution is 6.00. The number of hydrogen-bond acceptors (Lipinski definition) is 11. The minimum absolute atomic E-state index is 0.0436. The van der Waals surface area contributed by atoms with E-state index in [1.165, 1.54) is 32.4 Å². The molecule has 3 N–H and O–H groups in total. The number of para-hydroxylation sites is 1. The number of nitro benzene ring substituents is 1. The maximum atomic E-state index is 12.8. The number of hydrogen-bond donors (Lipinski definition) is 3. The fourth-order valence-electron chi connectivity index (χ4n) is 4.36. The van der Waals surface area contributed by atoms with Crippen molar-refractivity contribution in [2.24, 2.45) is 0 Å². The van der Waals surface area contributed by atoms with Crippen molar-refractivity contribution in [3.8, 4) is 11.5 Å². The molecular weight excluding hydrogens is 522 g/mol. The van der Waals surface area contributed by atoms with E-state index in [2.05, 4.69) is 10.6 Å². The number of esters is 2. The maximum absolute atomic E-state index is 12.8. The summed E-state index contributed by atoms with van der Waals surface area (Å²) in [5.74, 6) is -1.68. The van der Waals surface area contributed by atoms with Gasteiger partial charge in [-0.2, -0.15) is 0 Å². The van der Waals surface area contributed by atoms with E-state index in [0.29, 0.717) is 23.7 Å². The molecule has 0 radical (unpaired) electrons. The van der Waals surface area contributed by atoms with E-state index in [1.54, 1.807) is 26.0 Å². The van der Waals surface area contributed by atoms with Gasteiger partial charge in [0.2, 0.25) is 0 Å². The molecule has 1 atom stereocenters. The largest absolute Gasteiger partial charge is 0.492 e. The second-order valence-electron chi connectivity index (χ2n) is 8.93. The van der Waals surface area contributed by atoms with Crippen LogP contribution in [0, 0.1) is 10.1 Å². The number of ether oxygens (including phenoxy) is 4. The van der Waals surface area contributed by atoms with Crippen LogP contribution in [0.2, 0.25) is 0 Å². The molecular formula is C28H33N3O9. The van der Waals surface area contributed by atoms with Crippen LogP contribution in [0.15, 0.2) is 71.1 Å². The van der Waals surface area contributed by atoms with Crippen molar-refractivity contribution in [3.63, 3.8) is 0 Å². The monoisotopic (exact) mass is 555 g/mol. The zero-order valence-corrected chi connectivity index (χ0v) is 22.8. The first kappa shape index (κ1) is 30.1. The Bertz CT molecular complexity index is 1250. The Morgan fingerprint density at radius 1 is 1.00 bits per heavy atom. The van der Waals surface area contributed by atoms with Crippen molar-refractivity contribution in [1.29, 1.82) is 0 Å². The smallest absolute Gasteiger partial charge is 0.336 e. The molecule has 0 aliphatic carbocycles. The number of rotatable bonds is 13. The van der Waals surface area contributed by atoms with Crippen LogP contribution in [0.1, 0.15) is 25.3 Å². The average molecular weight is 556 g/mol. The molecule has 2 aromatic carbocycles. The van der Waals surface area contributed by atoms with Crippen molar-refractivity contribution in [2.45, 2.75) is 25.9 Å². The summed E-state index contributed by atoms with van der Waals surface area (Å²) in [5.41, 5.74) is 0.639. The summed E-state index contributed by atoms with van der Waals surface area (Å²) in [6, 6.07) is 13.3. The average Bonchev–Trinajstić information content (AvgIpc) is 2.95. The third-order valence-corrected chi connectivity index (χ3v) is 6.19. The summed E-state index contributed by atoms with van der Waals surface area (Å²) in [5, 5.41) is 28.1. The Labute approximate surface area is 231 Å². The lowest BCUT2D eigenvalue weighted by Gasteiger charge is -2.30. The molecule has 0 saturated carbocycles. The predicted octanol–water partition coefficient (Wildman–Crippen LogP) is 2.58. The number of aliphatic hydroxyl groups excluding tert-OH is 1. The number of carbonyl (C=O) groups excluding carboxylic acids is 2. The van der Waals surface area contributed by atoms with Gasteiger partial charge in [-0.15, -0.1) is 0 Å². The van der Waals surface area contributed by atoms with Crippen LogP contribution < -0.4 is 20.1 Å². The second kappa shape index (κ2) is 14.1. The first-order valence-electron chi connectivity index (χ1n) is 12.5. The van der Waals surface area contributed by atoms with Gasteiger partial charge in [-0.3, -0.25) is 10.1 Å². The van der Waals surface area contributed by atoms with Crippen LogP contribution in [0.5, 0.6) is 11.5 Å². The lowest BCUT2D eigenvalue weighted by atomic mass is 9.79. The zero-order chi connectivity index (χ0) is 29.2. The first-order chi connectivity index (χ1) is 19.2. The molecule has 214 valence electrons. The summed E-state index contributed by atoms with van der Waals surface area (Å²) in [7, 11) is 2.38. The minimum atomic E-state index is -1.14. The molecule has 1 heterocycles. The highest BCUT2D eigenvalue weighted by Gasteiger charge is 2.41. The normalized spacial score (nSPS) is 14.3. The van der Waals surface area contributed by atoms with Crippen LogP contribution in [0.4, 0.5) is 5.69 Å². The van der Waals surface area contributed by atoms with Crippen molar-refractivity contribution < 1.29 is 38.6 Å². The van der Waals surface area contributed by atoms with E-state index in [9.17, 15) is 24.8 Å². The highest BCUT2D eigenvalue weighted by Crippen LogP contribution is 2.43. The van der Waals surface area contributed by atoms with Crippen molar-refractivity contribution in [2.75, 3.05) is 40.5 Å². The first-order valence-corrected chi connectivity index (χ1v) is 12.5. The molecule has 0 amide bonds. The topological polar surface area (TPSA) is 158 Å². The van der Waals surface area contributed by atoms with Gasteiger partial charge in [0.1, 0.15) is 30.8 Å². The molecule has 12 nitrogen and oxygen atoms in total. The van der Waals surface area contributed by atoms with E-state index >= 15 is 0 Å². The number of carbonyl (C=O) groups is 2. The summed E-state index contributed by atoms with van der Waals surface area (Å²) in [4.78, 5) is 37.0. The number of nitro groups is 1. The molecule has 40 heavy (non-hydrogen) atoms. The summed E-state index contributed by atoms with van der Waals surface area (Å²) in [6.07, 6.45) is -0.746. The summed E-state index contributed by atoms with van der Waals surface area (Å²) >= 11 is 0. The third kappa shape index (κ3) is 7.36. The minimum Gasteiger partial charge on any atom is -0.492 e. The second-order valence-corrected chi connectivity index (χ2v) is 8.93. The van der Waals surface area contributed by atoms with Gasteiger partial charge in [0.15, 0.2) is 0 Å². The Hall–Kier alpha value is -4.42. The summed E-state index contributed by atoms with van der Waals surface area (Å²) < 4.78 is 21.2. The SMILES string of the molecule is COC(=O)C1=C(C)NC(C)=C(C(=O)OC)C1c1cc(OCCNCC(O)COc2ccccc2)ccc1[N+](=O)[O-]. The number of dihydropyridines is 1. The van der Waals surface area contributed by atoms with Gasteiger partial charge in [0, 0.05) is 36.1 Å². The number of nitrogens with one attached hydrogen (secondary N) is 2. The van der Waals surface area contributed by atoms with E-state index in [0.717, 1.165) is 0 Å². The zero-order valence-electron chi connectivity index (χ0n) is 22.8. The maximum Gasteiger partial charge on any atom is 0.336 e. The van der Waals surface area contributed by atoms with Crippen LogP contribution in [-0.2, 0) is 19.1 Å². The molecule has 3 rings (SSSR count). The van der Waals surface area contributed by atoms with Crippen molar-refractivity contribution in [3.05, 3.63) is 86.7 Å².